The van der Waals surface area contributed by atoms with E-state index in [0.29, 0.717) is 5.82 Å². The summed E-state index contributed by atoms with van der Waals surface area (Å²) < 4.78 is 5.60. The highest BCUT2D eigenvalue weighted by Crippen LogP contribution is 2.21. The van der Waals surface area contributed by atoms with E-state index in [2.05, 4.69) is 30.9 Å². The first-order chi connectivity index (χ1) is 9.60. The first-order valence-corrected chi connectivity index (χ1v) is 6.77. The number of carbonyl (C=O) groups excluding carboxylic acids is 1. The van der Waals surface area contributed by atoms with Gasteiger partial charge in [-0.15, -0.1) is 10.2 Å². The molecule has 0 atom stereocenters. The van der Waals surface area contributed by atoms with Gasteiger partial charge in [0.2, 0.25) is 0 Å². The van der Waals surface area contributed by atoms with Crippen molar-refractivity contribution in [3.63, 3.8) is 0 Å². The molecule has 0 aliphatic heterocycles. The van der Waals surface area contributed by atoms with Gasteiger partial charge in [-0.1, -0.05) is 28.1 Å². The Hall–Kier alpha value is -1.95. The van der Waals surface area contributed by atoms with Crippen LogP contribution in [0.15, 0.2) is 40.9 Å². The van der Waals surface area contributed by atoms with Gasteiger partial charge in [-0.05, 0) is 24.3 Å². The third kappa shape index (κ3) is 3.54. The van der Waals surface area contributed by atoms with Crippen molar-refractivity contribution in [1.29, 1.82) is 0 Å². The highest BCUT2D eigenvalue weighted by molar-refractivity contribution is 9.10. The van der Waals surface area contributed by atoms with E-state index in [1.54, 1.807) is 11.9 Å². The first kappa shape index (κ1) is 14.5. The molecule has 2 aromatic rings. The van der Waals surface area contributed by atoms with Gasteiger partial charge < -0.3 is 9.64 Å². The molecule has 6 heteroatoms. The lowest BCUT2D eigenvalue weighted by Crippen LogP contribution is -2.27. The fourth-order valence-corrected chi connectivity index (χ4v) is 2.07. The predicted molar refractivity (Wildman–Crippen MR) is 80.5 cm³/mol. The number of likely N-dealkylation sites (N-methyl/N-ethyl adjacent to an activating group) is 1. The molecule has 0 radical (unpaired) electrons. The van der Waals surface area contributed by atoms with Gasteiger partial charge in [0.25, 0.3) is 0 Å². The van der Waals surface area contributed by atoms with Crippen LogP contribution >= 0.6 is 15.9 Å². The minimum absolute atomic E-state index is 0.140. The summed E-state index contributed by atoms with van der Waals surface area (Å²) in [5.41, 5.74) is 1.76. The number of nitrogens with zero attached hydrogens (tertiary/aromatic N) is 3. The van der Waals surface area contributed by atoms with Gasteiger partial charge in [0, 0.05) is 17.1 Å². The lowest BCUT2D eigenvalue weighted by Gasteiger charge is -2.15. The maximum absolute atomic E-state index is 11.2. The lowest BCUT2D eigenvalue weighted by atomic mass is 10.1. The van der Waals surface area contributed by atoms with E-state index in [1.807, 2.05) is 36.4 Å². The maximum Gasteiger partial charge on any atom is 0.325 e. The molecule has 0 saturated heterocycles. The van der Waals surface area contributed by atoms with Gasteiger partial charge in [-0.3, -0.25) is 4.79 Å². The summed E-state index contributed by atoms with van der Waals surface area (Å²) in [6, 6.07) is 11.5. The summed E-state index contributed by atoms with van der Waals surface area (Å²) >= 11 is 3.42. The van der Waals surface area contributed by atoms with Crippen molar-refractivity contribution in [3.05, 3.63) is 40.9 Å². The minimum Gasteiger partial charge on any atom is -0.468 e. The fourth-order valence-electron chi connectivity index (χ4n) is 1.67. The van der Waals surface area contributed by atoms with Crippen LogP contribution in [0.1, 0.15) is 0 Å². The van der Waals surface area contributed by atoms with Gasteiger partial charge in [-0.25, -0.2) is 0 Å². The zero-order valence-electron chi connectivity index (χ0n) is 11.2. The van der Waals surface area contributed by atoms with Crippen LogP contribution in [0.25, 0.3) is 11.3 Å². The van der Waals surface area contributed by atoms with Crippen LogP contribution in [0.5, 0.6) is 0 Å². The number of aromatic nitrogens is 2. The van der Waals surface area contributed by atoms with Crippen molar-refractivity contribution in [2.45, 2.75) is 0 Å². The average molecular weight is 336 g/mol. The Bertz CT molecular complexity index is 602. The maximum atomic E-state index is 11.2. The molecule has 104 valence electrons. The molecule has 2 rings (SSSR count). The van der Waals surface area contributed by atoms with Crippen LogP contribution in [0.3, 0.4) is 0 Å². The second-order valence-corrected chi connectivity index (χ2v) is 5.13. The molecule has 1 heterocycles. The van der Waals surface area contributed by atoms with E-state index < -0.39 is 0 Å². The number of hydrogen-bond acceptors (Lipinski definition) is 5. The van der Waals surface area contributed by atoms with E-state index in [1.165, 1.54) is 7.11 Å². The SMILES string of the molecule is COC(=O)CN(C)c1ccc(-c2cccc(Br)c2)nn1. The van der Waals surface area contributed by atoms with E-state index >= 15 is 0 Å². The fraction of sp³-hybridized carbons (Fsp3) is 0.214. The van der Waals surface area contributed by atoms with Crippen LogP contribution in [0.4, 0.5) is 5.82 Å². The summed E-state index contributed by atoms with van der Waals surface area (Å²) in [6.07, 6.45) is 0. The Morgan fingerprint density at radius 1 is 1.30 bits per heavy atom. The minimum atomic E-state index is -0.314. The van der Waals surface area contributed by atoms with Gasteiger partial charge in [0.05, 0.1) is 12.8 Å². The molecule has 0 N–H and O–H groups in total. The molecule has 0 bridgehead atoms. The molecule has 0 fully saturated rings. The number of rotatable bonds is 4. The Kier molecular flexibility index (Phi) is 4.68. The lowest BCUT2D eigenvalue weighted by molar-refractivity contribution is -0.138. The topological polar surface area (TPSA) is 55.3 Å². The zero-order valence-corrected chi connectivity index (χ0v) is 12.8. The second kappa shape index (κ2) is 6.47. The predicted octanol–water partition coefficient (Wildman–Crippen LogP) is 2.52. The van der Waals surface area contributed by atoms with Crippen molar-refractivity contribution in [2.75, 3.05) is 25.6 Å². The standard InChI is InChI=1S/C14H14BrN3O2/c1-18(9-14(19)20-2)13-7-6-12(16-17-13)10-4-3-5-11(15)8-10/h3-8H,9H2,1-2H3. The molecule has 20 heavy (non-hydrogen) atoms. The molecular formula is C14H14BrN3O2. The molecule has 0 unspecified atom stereocenters. The highest BCUT2D eigenvalue weighted by atomic mass is 79.9. The smallest absolute Gasteiger partial charge is 0.325 e. The van der Waals surface area contributed by atoms with E-state index in [9.17, 15) is 4.79 Å². The van der Waals surface area contributed by atoms with E-state index in [0.717, 1.165) is 15.7 Å². The molecule has 0 spiro atoms. The van der Waals surface area contributed by atoms with Crippen molar-refractivity contribution in [1.82, 2.24) is 10.2 Å². The zero-order chi connectivity index (χ0) is 14.5. The molecule has 5 nitrogen and oxygen atoms in total. The third-order valence-electron chi connectivity index (χ3n) is 2.76. The van der Waals surface area contributed by atoms with Crippen molar-refractivity contribution < 1.29 is 9.53 Å². The average Bonchev–Trinajstić information content (AvgIpc) is 2.47. The molecule has 1 aromatic heterocycles. The number of halogens is 1. The number of anilines is 1. The number of benzene rings is 1. The third-order valence-corrected chi connectivity index (χ3v) is 3.25. The Balaban J connectivity index is 2.16. The van der Waals surface area contributed by atoms with Gasteiger partial charge in [0.15, 0.2) is 5.82 Å². The van der Waals surface area contributed by atoms with Crippen LogP contribution < -0.4 is 4.90 Å². The highest BCUT2D eigenvalue weighted by Gasteiger charge is 2.09. The monoisotopic (exact) mass is 335 g/mol. The number of hydrogen-bond donors (Lipinski definition) is 0. The van der Waals surface area contributed by atoms with E-state index in [4.69, 9.17) is 0 Å². The van der Waals surface area contributed by atoms with Crippen molar-refractivity contribution in [2.24, 2.45) is 0 Å². The number of ether oxygens (including phenoxy) is 1. The number of carbonyl (C=O) groups is 1. The van der Waals surface area contributed by atoms with Crippen molar-refractivity contribution in [3.8, 4) is 11.3 Å². The molecule has 0 aliphatic carbocycles. The second-order valence-electron chi connectivity index (χ2n) is 4.22. The molecule has 1 aromatic carbocycles. The molecular weight excluding hydrogens is 322 g/mol. The molecule has 0 saturated carbocycles. The van der Waals surface area contributed by atoms with Gasteiger partial charge in [0.1, 0.15) is 6.54 Å². The van der Waals surface area contributed by atoms with Crippen LogP contribution in [0.2, 0.25) is 0 Å². The van der Waals surface area contributed by atoms with Crippen molar-refractivity contribution >= 4 is 27.7 Å². The van der Waals surface area contributed by atoms with Crippen LogP contribution in [0, 0.1) is 0 Å². The Labute approximate surface area is 125 Å². The Morgan fingerprint density at radius 3 is 2.70 bits per heavy atom. The quantitative estimate of drug-likeness (QED) is 0.803. The van der Waals surface area contributed by atoms with Crippen LogP contribution in [-0.2, 0) is 9.53 Å². The summed E-state index contributed by atoms with van der Waals surface area (Å²) in [4.78, 5) is 12.9. The van der Waals surface area contributed by atoms with E-state index in [-0.39, 0.29) is 12.5 Å². The van der Waals surface area contributed by atoms with Gasteiger partial charge in [-0.2, -0.15) is 0 Å². The summed E-state index contributed by atoms with van der Waals surface area (Å²) in [5.74, 6) is 0.305. The van der Waals surface area contributed by atoms with Gasteiger partial charge >= 0.3 is 5.97 Å². The number of esters is 1. The summed E-state index contributed by atoms with van der Waals surface area (Å²) in [6.45, 7) is 0.140. The normalized spacial score (nSPS) is 10.2. The van der Waals surface area contributed by atoms with Crippen LogP contribution in [-0.4, -0.2) is 36.9 Å². The summed E-state index contributed by atoms with van der Waals surface area (Å²) in [5, 5.41) is 8.30. The molecule has 0 aliphatic rings. The number of methoxy groups -OCH3 is 1. The first-order valence-electron chi connectivity index (χ1n) is 5.98. The Morgan fingerprint density at radius 2 is 2.10 bits per heavy atom. The molecule has 0 amide bonds. The largest absolute Gasteiger partial charge is 0.468 e. The summed E-state index contributed by atoms with van der Waals surface area (Å²) in [7, 11) is 3.12.